The standard InChI is InChI=1S/C20H22N2O2/c1-2-22(13-12-15-8-4-3-5-9-15)20(24)17-14-19(23)21-18-11-7-6-10-16(17)18/h3-11,17H,2,12-14H2,1H3,(H,21,23). The fourth-order valence-corrected chi connectivity index (χ4v) is 3.18. The quantitative estimate of drug-likeness (QED) is 0.919. The second-order valence-corrected chi connectivity index (χ2v) is 6.05. The van der Waals surface area contributed by atoms with Crippen LogP contribution in [0.5, 0.6) is 0 Å². The molecule has 1 aliphatic heterocycles. The lowest BCUT2D eigenvalue weighted by atomic mass is 9.89. The average Bonchev–Trinajstić information content (AvgIpc) is 2.62. The highest BCUT2D eigenvalue weighted by molar-refractivity contribution is 6.01. The van der Waals surface area contributed by atoms with E-state index in [4.69, 9.17) is 0 Å². The highest BCUT2D eigenvalue weighted by Gasteiger charge is 2.32. The third-order valence-corrected chi connectivity index (χ3v) is 4.50. The fraction of sp³-hybridized carbons (Fsp3) is 0.300. The van der Waals surface area contributed by atoms with Crippen LogP contribution in [0.3, 0.4) is 0 Å². The minimum absolute atomic E-state index is 0.0377. The lowest BCUT2D eigenvalue weighted by Crippen LogP contribution is -2.39. The van der Waals surface area contributed by atoms with E-state index >= 15 is 0 Å². The largest absolute Gasteiger partial charge is 0.342 e. The van der Waals surface area contributed by atoms with Crippen molar-refractivity contribution < 1.29 is 9.59 Å². The number of benzene rings is 2. The molecule has 0 saturated heterocycles. The number of likely N-dealkylation sites (N-methyl/N-ethyl adjacent to an activating group) is 1. The SMILES string of the molecule is CCN(CCc1ccccc1)C(=O)C1CC(=O)Nc2ccccc21. The van der Waals surface area contributed by atoms with Gasteiger partial charge in [0, 0.05) is 25.2 Å². The molecule has 0 spiro atoms. The predicted molar refractivity (Wildman–Crippen MR) is 94.8 cm³/mol. The predicted octanol–water partition coefficient (Wildman–Crippen LogP) is 3.20. The van der Waals surface area contributed by atoms with Crippen LogP contribution in [0.4, 0.5) is 5.69 Å². The monoisotopic (exact) mass is 322 g/mol. The van der Waals surface area contributed by atoms with Crippen LogP contribution in [-0.2, 0) is 16.0 Å². The summed E-state index contributed by atoms with van der Waals surface area (Å²) in [6.07, 6.45) is 1.04. The van der Waals surface area contributed by atoms with E-state index in [0.29, 0.717) is 13.1 Å². The Morgan fingerprint density at radius 3 is 2.58 bits per heavy atom. The number of carbonyl (C=O) groups is 2. The minimum Gasteiger partial charge on any atom is -0.342 e. The summed E-state index contributed by atoms with van der Waals surface area (Å²) in [6, 6.07) is 17.7. The van der Waals surface area contributed by atoms with Crippen LogP contribution in [-0.4, -0.2) is 29.8 Å². The molecule has 0 saturated carbocycles. The van der Waals surface area contributed by atoms with Gasteiger partial charge in [-0.25, -0.2) is 0 Å². The highest BCUT2D eigenvalue weighted by Crippen LogP contribution is 2.33. The van der Waals surface area contributed by atoms with Gasteiger partial charge in [0.2, 0.25) is 11.8 Å². The summed E-state index contributed by atoms with van der Waals surface area (Å²) in [7, 11) is 0. The Bertz CT molecular complexity index is 727. The Morgan fingerprint density at radius 1 is 1.12 bits per heavy atom. The average molecular weight is 322 g/mol. The van der Waals surface area contributed by atoms with Crippen molar-refractivity contribution in [3.63, 3.8) is 0 Å². The molecule has 24 heavy (non-hydrogen) atoms. The molecule has 0 aromatic heterocycles. The molecule has 1 atom stereocenters. The molecule has 2 aromatic carbocycles. The van der Waals surface area contributed by atoms with Crippen LogP contribution < -0.4 is 5.32 Å². The van der Waals surface area contributed by atoms with Crippen molar-refractivity contribution in [1.82, 2.24) is 4.90 Å². The molecule has 0 radical (unpaired) electrons. The lowest BCUT2D eigenvalue weighted by Gasteiger charge is -2.30. The minimum atomic E-state index is -0.384. The molecule has 1 unspecified atom stereocenters. The molecule has 4 nitrogen and oxygen atoms in total. The highest BCUT2D eigenvalue weighted by atomic mass is 16.2. The first kappa shape index (κ1) is 16.2. The Labute approximate surface area is 142 Å². The van der Waals surface area contributed by atoms with Gasteiger partial charge in [-0.1, -0.05) is 48.5 Å². The van der Waals surface area contributed by atoms with Crippen LogP contribution in [0.2, 0.25) is 0 Å². The van der Waals surface area contributed by atoms with Gasteiger partial charge in [-0.3, -0.25) is 9.59 Å². The molecular formula is C20H22N2O2. The molecule has 1 aliphatic rings. The zero-order valence-corrected chi connectivity index (χ0v) is 13.9. The molecule has 4 heteroatoms. The Balaban J connectivity index is 1.75. The van der Waals surface area contributed by atoms with Crippen LogP contribution in [0.1, 0.15) is 30.4 Å². The second kappa shape index (κ2) is 7.30. The zero-order valence-electron chi connectivity index (χ0n) is 13.9. The number of anilines is 1. The number of amides is 2. The first-order chi connectivity index (χ1) is 11.7. The number of fused-ring (bicyclic) bond motifs is 1. The van der Waals surface area contributed by atoms with Crippen LogP contribution >= 0.6 is 0 Å². The fourth-order valence-electron chi connectivity index (χ4n) is 3.18. The second-order valence-electron chi connectivity index (χ2n) is 6.05. The molecular weight excluding hydrogens is 300 g/mol. The molecule has 1 N–H and O–H groups in total. The number of nitrogens with zero attached hydrogens (tertiary/aromatic N) is 1. The van der Waals surface area contributed by atoms with Gasteiger partial charge in [-0.15, -0.1) is 0 Å². The van der Waals surface area contributed by atoms with Gasteiger partial charge in [0.1, 0.15) is 0 Å². The maximum Gasteiger partial charge on any atom is 0.230 e. The summed E-state index contributed by atoms with van der Waals surface area (Å²) in [5.74, 6) is -0.437. The normalized spacial score (nSPS) is 16.2. The number of nitrogens with one attached hydrogen (secondary N) is 1. The van der Waals surface area contributed by atoms with Crippen molar-refractivity contribution in [2.24, 2.45) is 0 Å². The van der Waals surface area contributed by atoms with Gasteiger partial charge in [0.15, 0.2) is 0 Å². The molecule has 0 aliphatic carbocycles. The number of hydrogen-bond donors (Lipinski definition) is 1. The van der Waals surface area contributed by atoms with E-state index in [1.165, 1.54) is 5.56 Å². The molecule has 3 rings (SSSR count). The van der Waals surface area contributed by atoms with Gasteiger partial charge >= 0.3 is 0 Å². The summed E-state index contributed by atoms with van der Waals surface area (Å²) in [5.41, 5.74) is 2.89. The number of carbonyl (C=O) groups excluding carboxylic acids is 2. The van der Waals surface area contributed by atoms with Crippen molar-refractivity contribution in [2.45, 2.75) is 25.7 Å². The molecule has 2 aromatic rings. The third-order valence-electron chi connectivity index (χ3n) is 4.50. The van der Waals surface area contributed by atoms with E-state index in [-0.39, 0.29) is 24.2 Å². The van der Waals surface area contributed by atoms with Crippen LogP contribution in [0.15, 0.2) is 54.6 Å². The molecule has 0 fully saturated rings. The molecule has 2 amide bonds. The first-order valence-corrected chi connectivity index (χ1v) is 8.40. The Morgan fingerprint density at radius 2 is 1.83 bits per heavy atom. The van der Waals surface area contributed by atoms with Crippen molar-refractivity contribution in [3.8, 4) is 0 Å². The van der Waals surface area contributed by atoms with E-state index in [1.807, 2.05) is 54.3 Å². The number of para-hydroxylation sites is 1. The zero-order chi connectivity index (χ0) is 16.9. The van der Waals surface area contributed by atoms with Crippen molar-refractivity contribution in [2.75, 3.05) is 18.4 Å². The Hall–Kier alpha value is -2.62. The Kier molecular flexibility index (Phi) is 4.94. The van der Waals surface area contributed by atoms with E-state index in [0.717, 1.165) is 17.7 Å². The van der Waals surface area contributed by atoms with Crippen LogP contribution in [0.25, 0.3) is 0 Å². The summed E-state index contributed by atoms with van der Waals surface area (Å²) >= 11 is 0. The molecule has 1 heterocycles. The summed E-state index contributed by atoms with van der Waals surface area (Å²) in [4.78, 5) is 26.8. The van der Waals surface area contributed by atoms with E-state index in [1.54, 1.807) is 0 Å². The number of rotatable bonds is 5. The summed E-state index contributed by atoms with van der Waals surface area (Å²) < 4.78 is 0. The van der Waals surface area contributed by atoms with Gasteiger partial charge in [0.05, 0.1) is 5.92 Å². The van der Waals surface area contributed by atoms with Crippen molar-refractivity contribution >= 4 is 17.5 Å². The maximum absolute atomic E-state index is 13.0. The first-order valence-electron chi connectivity index (χ1n) is 8.40. The van der Waals surface area contributed by atoms with E-state index in [2.05, 4.69) is 17.4 Å². The third kappa shape index (κ3) is 3.48. The lowest BCUT2D eigenvalue weighted by molar-refractivity contribution is -0.134. The van der Waals surface area contributed by atoms with E-state index < -0.39 is 0 Å². The molecule has 0 bridgehead atoms. The summed E-state index contributed by atoms with van der Waals surface area (Å²) in [6.45, 7) is 3.29. The van der Waals surface area contributed by atoms with Gasteiger partial charge in [-0.05, 0) is 30.5 Å². The topological polar surface area (TPSA) is 49.4 Å². The van der Waals surface area contributed by atoms with Gasteiger partial charge in [0.25, 0.3) is 0 Å². The summed E-state index contributed by atoms with van der Waals surface area (Å²) in [5, 5.41) is 2.85. The molecule has 124 valence electrons. The smallest absolute Gasteiger partial charge is 0.230 e. The van der Waals surface area contributed by atoms with Crippen molar-refractivity contribution in [3.05, 3.63) is 65.7 Å². The van der Waals surface area contributed by atoms with Crippen LogP contribution in [0, 0.1) is 0 Å². The van der Waals surface area contributed by atoms with Crippen molar-refractivity contribution in [1.29, 1.82) is 0 Å². The maximum atomic E-state index is 13.0. The van der Waals surface area contributed by atoms with Gasteiger partial charge < -0.3 is 10.2 Å². The van der Waals surface area contributed by atoms with Gasteiger partial charge in [-0.2, -0.15) is 0 Å². The number of hydrogen-bond acceptors (Lipinski definition) is 2. The van der Waals surface area contributed by atoms with E-state index in [9.17, 15) is 9.59 Å².